The lowest BCUT2D eigenvalue weighted by molar-refractivity contribution is 0.0601. The van der Waals surface area contributed by atoms with Gasteiger partial charge in [0.2, 0.25) is 0 Å². The van der Waals surface area contributed by atoms with Crippen LogP contribution in [0.25, 0.3) is 0 Å². The fourth-order valence-electron chi connectivity index (χ4n) is 1.77. The van der Waals surface area contributed by atoms with Crippen LogP contribution in [0.1, 0.15) is 15.9 Å². The molecule has 1 aromatic carbocycles. The van der Waals surface area contributed by atoms with Crippen LogP contribution in [0.2, 0.25) is 0 Å². The number of benzene rings is 1. The Hall–Kier alpha value is -2.61. The number of methoxy groups -OCH3 is 1. The third kappa shape index (κ3) is 3.34. The van der Waals surface area contributed by atoms with Crippen molar-refractivity contribution in [3.63, 3.8) is 0 Å². The number of anilines is 2. The van der Waals surface area contributed by atoms with Crippen molar-refractivity contribution in [2.45, 2.75) is 11.8 Å². The fourth-order valence-corrected chi connectivity index (χ4v) is 3.00. The highest BCUT2D eigenvalue weighted by atomic mass is 32.2. The van der Waals surface area contributed by atoms with Crippen molar-refractivity contribution < 1.29 is 17.9 Å². The first-order chi connectivity index (χ1) is 10.3. The van der Waals surface area contributed by atoms with Crippen molar-refractivity contribution >= 4 is 27.5 Å². The van der Waals surface area contributed by atoms with E-state index in [9.17, 15) is 13.2 Å². The van der Waals surface area contributed by atoms with Gasteiger partial charge in [0.1, 0.15) is 10.7 Å². The number of carbonyl (C=O) groups excluding carboxylic acids is 1. The molecule has 0 saturated heterocycles. The summed E-state index contributed by atoms with van der Waals surface area (Å²) in [5, 5.41) is 0. The van der Waals surface area contributed by atoms with Crippen molar-refractivity contribution in [2.24, 2.45) is 0 Å². The number of sulfonamides is 1. The lowest BCUT2D eigenvalue weighted by Gasteiger charge is -2.10. The molecule has 0 aliphatic rings. The number of aromatic nitrogens is 1. The van der Waals surface area contributed by atoms with Gasteiger partial charge in [0.15, 0.2) is 0 Å². The molecule has 0 saturated carbocycles. The molecule has 8 heteroatoms. The molecule has 0 aliphatic carbocycles. The second kappa shape index (κ2) is 6.02. The number of esters is 1. The number of hydrogen-bond donors (Lipinski definition) is 2. The number of nitrogens with two attached hydrogens (primary N) is 1. The van der Waals surface area contributed by atoms with Crippen LogP contribution in [0.4, 0.5) is 11.5 Å². The summed E-state index contributed by atoms with van der Waals surface area (Å²) >= 11 is 0. The molecular weight excluding hydrogens is 306 g/mol. The smallest absolute Gasteiger partial charge is 0.337 e. The maximum Gasteiger partial charge on any atom is 0.337 e. The van der Waals surface area contributed by atoms with Crippen molar-refractivity contribution in [2.75, 3.05) is 17.6 Å². The maximum absolute atomic E-state index is 12.3. The van der Waals surface area contributed by atoms with Gasteiger partial charge in [-0.25, -0.2) is 18.2 Å². The summed E-state index contributed by atoms with van der Waals surface area (Å²) in [6.07, 6.45) is 1.49. The van der Waals surface area contributed by atoms with Gasteiger partial charge in [-0.2, -0.15) is 0 Å². The highest BCUT2D eigenvalue weighted by Crippen LogP contribution is 2.21. The Balaban J connectivity index is 2.29. The number of hydrogen-bond acceptors (Lipinski definition) is 6. The molecule has 0 spiro atoms. The minimum Gasteiger partial charge on any atom is -0.465 e. The Morgan fingerprint density at radius 2 is 1.91 bits per heavy atom. The lowest BCUT2D eigenvalue weighted by Crippen LogP contribution is -2.16. The number of carbonyl (C=O) groups is 1. The quantitative estimate of drug-likeness (QED) is 0.827. The van der Waals surface area contributed by atoms with Gasteiger partial charge in [-0.05, 0) is 42.8 Å². The number of nitrogen functional groups attached to an aromatic ring is 1. The average Bonchev–Trinajstić information content (AvgIpc) is 2.49. The molecule has 0 amide bonds. The van der Waals surface area contributed by atoms with Crippen molar-refractivity contribution in [1.82, 2.24) is 4.98 Å². The predicted molar refractivity (Wildman–Crippen MR) is 82.0 cm³/mol. The molecule has 1 aromatic heterocycles. The standard InChI is InChI=1S/C14H15N3O4S/c1-9-7-12(13(15)16-8-9)22(19,20)17-11-5-3-10(4-6-11)14(18)21-2/h3-8,17H,1-2H3,(H2,15,16). The van der Waals surface area contributed by atoms with E-state index in [1.807, 2.05) is 0 Å². The summed E-state index contributed by atoms with van der Waals surface area (Å²) in [5.74, 6) is -0.578. The van der Waals surface area contributed by atoms with Crippen LogP contribution >= 0.6 is 0 Å². The van der Waals surface area contributed by atoms with E-state index in [1.54, 1.807) is 6.92 Å². The minimum atomic E-state index is -3.86. The zero-order chi connectivity index (χ0) is 16.3. The highest BCUT2D eigenvalue weighted by molar-refractivity contribution is 7.92. The monoisotopic (exact) mass is 321 g/mol. The molecular formula is C14H15N3O4S. The van der Waals surface area contributed by atoms with Gasteiger partial charge in [0.05, 0.1) is 12.7 Å². The molecule has 0 atom stereocenters. The average molecular weight is 321 g/mol. The van der Waals surface area contributed by atoms with E-state index in [2.05, 4.69) is 14.4 Å². The Morgan fingerprint density at radius 3 is 2.50 bits per heavy atom. The molecule has 0 aliphatic heterocycles. The molecule has 0 unspecified atom stereocenters. The zero-order valence-electron chi connectivity index (χ0n) is 12.0. The molecule has 7 nitrogen and oxygen atoms in total. The summed E-state index contributed by atoms with van der Waals surface area (Å²) < 4.78 is 31.6. The van der Waals surface area contributed by atoms with Crippen LogP contribution < -0.4 is 10.5 Å². The topological polar surface area (TPSA) is 111 Å². The number of pyridine rings is 1. The molecule has 0 radical (unpaired) electrons. The Labute approximate surface area is 128 Å². The van der Waals surface area contributed by atoms with Gasteiger partial charge in [-0.15, -0.1) is 0 Å². The molecule has 0 bridgehead atoms. The number of nitrogens with zero attached hydrogens (tertiary/aromatic N) is 1. The first-order valence-corrected chi connectivity index (χ1v) is 7.75. The third-order valence-electron chi connectivity index (χ3n) is 2.87. The zero-order valence-corrected chi connectivity index (χ0v) is 12.8. The first kappa shape index (κ1) is 15.8. The molecule has 1 heterocycles. The van der Waals surface area contributed by atoms with Gasteiger partial charge in [-0.1, -0.05) is 0 Å². The Bertz CT molecular complexity index is 801. The predicted octanol–water partition coefficient (Wildman–Crippen LogP) is 1.56. The van der Waals surface area contributed by atoms with Crippen molar-refractivity contribution in [3.8, 4) is 0 Å². The highest BCUT2D eigenvalue weighted by Gasteiger charge is 2.19. The van der Waals surface area contributed by atoms with Gasteiger partial charge in [-0.3, -0.25) is 4.72 Å². The molecule has 0 fully saturated rings. The molecule has 116 valence electrons. The number of aryl methyl sites for hydroxylation is 1. The van der Waals surface area contributed by atoms with Gasteiger partial charge >= 0.3 is 5.97 Å². The van der Waals surface area contributed by atoms with E-state index in [0.717, 1.165) is 0 Å². The normalized spacial score (nSPS) is 11.0. The number of nitrogens with one attached hydrogen (secondary N) is 1. The summed E-state index contributed by atoms with van der Waals surface area (Å²) in [5.41, 5.74) is 6.92. The number of ether oxygens (including phenoxy) is 1. The van der Waals surface area contributed by atoms with Gasteiger partial charge < -0.3 is 10.5 Å². The summed E-state index contributed by atoms with van der Waals surface area (Å²) in [6, 6.07) is 7.28. The van der Waals surface area contributed by atoms with Gasteiger partial charge in [0.25, 0.3) is 10.0 Å². The van der Waals surface area contributed by atoms with Crippen LogP contribution in [-0.2, 0) is 14.8 Å². The van der Waals surface area contributed by atoms with Crippen molar-refractivity contribution in [3.05, 3.63) is 47.7 Å². The second-order valence-electron chi connectivity index (χ2n) is 4.57. The van der Waals surface area contributed by atoms with Crippen LogP contribution in [0.3, 0.4) is 0 Å². The van der Waals surface area contributed by atoms with E-state index < -0.39 is 16.0 Å². The Kier molecular flexibility index (Phi) is 4.32. The van der Waals surface area contributed by atoms with E-state index in [0.29, 0.717) is 16.8 Å². The largest absolute Gasteiger partial charge is 0.465 e. The molecule has 22 heavy (non-hydrogen) atoms. The van der Waals surface area contributed by atoms with Crippen LogP contribution in [0.15, 0.2) is 41.4 Å². The van der Waals surface area contributed by atoms with E-state index in [4.69, 9.17) is 5.73 Å². The molecule has 2 rings (SSSR count). The molecule has 3 N–H and O–H groups in total. The van der Waals surface area contributed by atoms with Crippen LogP contribution in [0.5, 0.6) is 0 Å². The van der Waals surface area contributed by atoms with E-state index in [1.165, 1.54) is 43.6 Å². The SMILES string of the molecule is COC(=O)c1ccc(NS(=O)(=O)c2cc(C)cnc2N)cc1. The lowest BCUT2D eigenvalue weighted by atomic mass is 10.2. The summed E-state index contributed by atoms with van der Waals surface area (Å²) in [7, 11) is -2.59. The van der Waals surface area contributed by atoms with E-state index in [-0.39, 0.29) is 10.7 Å². The second-order valence-corrected chi connectivity index (χ2v) is 6.22. The van der Waals surface area contributed by atoms with Crippen LogP contribution in [0, 0.1) is 6.92 Å². The summed E-state index contributed by atoms with van der Waals surface area (Å²) in [6.45, 7) is 1.72. The van der Waals surface area contributed by atoms with Crippen molar-refractivity contribution in [1.29, 1.82) is 0 Å². The maximum atomic E-state index is 12.3. The Morgan fingerprint density at radius 1 is 1.27 bits per heavy atom. The van der Waals surface area contributed by atoms with E-state index >= 15 is 0 Å². The summed E-state index contributed by atoms with van der Waals surface area (Å²) in [4.78, 5) is 15.1. The fraction of sp³-hybridized carbons (Fsp3) is 0.143. The van der Waals surface area contributed by atoms with Gasteiger partial charge in [0, 0.05) is 11.9 Å². The molecule has 2 aromatic rings. The minimum absolute atomic E-state index is 0.0794. The number of rotatable bonds is 4. The first-order valence-electron chi connectivity index (χ1n) is 6.27. The van der Waals surface area contributed by atoms with Crippen LogP contribution in [-0.4, -0.2) is 26.5 Å². The third-order valence-corrected chi connectivity index (χ3v) is 4.28.